The first-order valence-corrected chi connectivity index (χ1v) is 12.6. The molecule has 2 aromatic rings. The lowest BCUT2D eigenvalue weighted by molar-refractivity contribution is -0.157. The highest BCUT2D eigenvalue weighted by Crippen LogP contribution is 2.33. The minimum Gasteiger partial charge on any atom is -0.497 e. The van der Waals surface area contributed by atoms with Gasteiger partial charge in [0.15, 0.2) is 6.61 Å². The highest BCUT2D eigenvalue weighted by Gasteiger charge is 2.24. The summed E-state index contributed by atoms with van der Waals surface area (Å²) >= 11 is 0. The molecule has 1 N–H and O–H groups in total. The number of rotatable bonds is 11. The van der Waals surface area contributed by atoms with Gasteiger partial charge in [0, 0.05) is 6.07 Å². The number of carbonyl (C=O) groups is 2. The molecule has 2 aromatic carbocycles. The molecule has 0 fully saturated rings. The van der Waals surface area contributed by atoms with Crippen LogP contribution in [0.25, 0.3) is 0 Å². The Bertz CT molecular complexity index is 1190. The van der Waals surface area contributed by atoms with Crippen molar-refractivity contribution in [2.75, 3.05) is 37.9 Å². The molecule has 0 heterocycles. The van der Waals surface area contributed by atoms with Crippen LogP contribution in [0.1, 0.15) is 26.3 Å². The summed E-state index contributed by atoms with van der Waals surface area (Å²) in [5, 5.41) is 3.87. The predicted octanol–water partition coefficient (Wildman–Crippen LogP) is 2.34. The van der Waals surface area contributed by atoms with Crippen LogP contribution in [0.3, 0.4) is 0 Å². The van der Waals surface area contributed by atoms with Crippen LogP contribution >= 0.6 is 0 Å². The van der Waals surface area contributed by atoms with E-state index in [2.05, 4.69) is 10.5 Å². The lowest BCUT2D eigenvalue weighted by atomic mass is 10.2. The summed E-state index contributed by atoms with van der Waals surface area (Å²) in [6.45, 7) is 4.57. The summed E-state index contributed by atoms with van der Waals surface area (Å²) in [6, 6.07) is 11.2. The molecule has 0 radical (unpaired) electrons. The molecular weight excluding hydrogens is 490 g/mol. The minimum absolute atomic E-state index is 0.182. The molecule has 0 saturated heterocycles. The van der Waals surface area contributed by atoms with Crippen molar-refractivity contribution >= 4 is 33.8 Å². The molecule has 0 aromatic heterocycles. The van der Waals surface area contributed by atoms with Crippen molar-refractivity contribution in [3.8, 4) is 17.2 Å². The normalized spacial score (nSPS) is 11.6. The van der Waals surface area contributed by atoms with Gasteiger partial charge in [0.1, 0.15) is 29.4 Å². The molecule has 0 aliphatic rings. The fraction of sp³-hybridized carbons (Fsp3) is 0.375. The first kappa shape index (κ1) is 28.4. The first-order valence-electron chi connectivity index (χ1n) is 10.8. The average Bonchev–Trinajstić information content (AvgIpc) is 2.80. The van der Waals surface area contributed by atoms with E-state index >= 15 is 0 Å². The SMILES string of the molecule is COc1ccc(N(CC(=O)N/N=C\c2ccc(OCC(=O)OC(C)(C)C)cc2)S(C)(=O)=O)c(OC)c1. The van der Waals surface area contributed by atoms with Crippen LogP contribution in [0, 0.1) is 0 Å². The number of hydrogen-bond donors (Lipinski definition) is 1. The molecule has 1 amide bonds. The van der Waals surface area contributed by atoms with Crippen LogP contribution in [-0.4, -0.2) is 65.7 Å². The number of carbonyl (C=O) groups excluding carboxylic acids is 2. The van der Waals surface area contributed by atoms with E-state index in [-0.39, 0.29) is 18.0 Å². The van der Waals surface area contributed by atoms with Crippen LogP contribution in [0.15, 0.2) is 47.6 Å². The fourth-order valence-electron chi connectivity index (χ4n) is 2.88. The van der Waals surface area contributed by atoms with Gasteiger partial charge in [0.25, 0.3) is 5.91 Å². The maximum Gasteiger partial charge on any atom is 0.344 e. The molecule has 196 valence electrons. The Labute approximate surface area is 211 Å². The number of amides is 1. The third kappa shape index (κ3) is 9.10. The molecule has 0 bridgehead atoms. The van der Waals surface area contributed by atoms with E-state index in [1.54, 1.807) is 51.1 Å². The molecule has 0 aliphatic carbocycles. The van der Waals surface area contributed by atoms with E-state index in [4.69, 9.17) is 18.9 Å². The van der Waals surface area contributed by atoms with Crippen molar-refractivity contribution in [3.05, 3.63) is 48.0 Å². The molecule has 36 heavy (non-hydrogen) atoms. The second kappa shape index (κ2) is 12.2. The molecule has 2 rings (SSSR count). The summed E-state index contributed by atoms with van der Waals surface area (Å²) in [5.74, 6) is 0.0156. The van der Waals surface area contributed by atoms with Gasteiger partial charge in [-0.3, -0.25) is 9.10 Å². The topological polar surface area (TPSA) is 133 Å². The van der Waals surface area contributed by atoms with Crippen molar-refractivity contribution in [3.63, 3.8) is 0 Å². The average molecular weight is 522 g/mol. The molecular formula is C24H31N3O8S. The Morgan fingerprint density at radius 3 is 2.22 bits per heavy atom. The number of ether oxygens (including phenoxy) is 4. The Morgan fingerprint density at radius 2 is 1.67 bits per heavy atom. The highest BCUT2D eigenvalue weighted by molar-refractivity contribution is 7.92. The van der Waals surface area contributed by atoms with E-state index in [9.17, 15) is 18.0 Å². The van der Waals surface area contributed by atoms with Crippen molar-refractivity contribution in [1.29, 1.82) is 0 Å². The van der Waals surface area contributed by atoms with E-state index in [1.165, 1.54) is 32.6 Å². The van der Waals surface area contributed by atoms with Gasteiger partial charge in [0.05, 0.1) is 32.4 Å². The summed E-state index contributed by atoms with van der Waals surface area (Å²) in [6.07, 6.45) is 2.37. The molecule has 0 aliphatic heterocycles. The lowest BCUT2D eigenvalue weighted by Crippen LogP contribution is -2.39. The number of sulfonamides is 1. The van der Waals surface area contributed by atoms with Crippen LogP contribution in [0.4, 0.5) is 5.69 Å². The Morgan fingerprint density at radius 1 is 1.03 bits per heavy atom. The van der Waals surface area contributed by atoms with Crippen molar-refractivity contribution in [2.45, 2.75) is 26.4 Å². The Balaban J connectivity index is 1.98. The number of methoxy groups -OCH3 is 2. The van der Waals surface area contributed by atoms with E-state index < -0.39 is 34.0 Å². The standard InChI is InChI=1S/C24H31N3O8S/c1-24(2,3)35-23(29)16-34-18-9-7-17(8-10-18)14-25-26-22(28)15-27(36(6,30)31)20-12-11-19(32-4)13-21(20)33-5/h7-14H,15-16H2,1-6H3,(H,26,28)/b25-14-. The van der Waals surface area contributed by atoms with E-state index in [1.807, 2.05) is 0 Å². The fourth-order valence-corrected chi connectivity index (χ4v) is 3.74. The number of hydrazone groups is 1. The third-order valence-electron chi connectivity index (χ3n) is 4.40. The molecule has 0 spiro atoms. The van der Waals surface area contributed by atoms with Gasteiger partial charge >= 0.3 is 5.97 Å². The predicted molar refractivity (Wildman–Crippen MR) is 135 cm³/mol. The zero-order valence-electron chi connectivity index (χ0n) is 21.1. The second-order valence-corrected chi connectivity index (χ2v) is 10.5. The Kier molecular flexibility index (Phi) is 9.68. The van der Waals surface area contributed by atoms with E-state index in [0.29, 0.717) is 17.1 Å². The van der Waals surface area contributed by atoms with Gasteiger partial charge in [-0.25, -0.2) is 18.6 Å². The van der Waals surface area contributed by atoms with Gasteiger partial charge in [-0.2, -0.15) is 5.10 Å². The zero-order chi connectivity index (χ0) is 26.9. The summed E-state index contributed by atoms with van der Waals surface area (Å²) < 4.78 is 46.6. The quantitative estimate of drug-likeness (QED) is 0.271. The van der Waals surface area contributed by atoms with Gasteiger partial charge in [-0.15, -0.1) is 0 Å². The van der Waals surface area contributed by atoms with E-state index in [0.717, 1.165) is 10.6 Å². The van der Waals surface area contributed by atoms with Crippen LogP contribution in [0.2, 0.25) is 0 Å². The van der Waals surface area contributed by atoms with Crippen molar-refractivity contribution in [2.24, 2.45) is 5.10 Å². The van der Waals surface area contributed by atoms with Crippen molar-refractivity contribution in [1.82, 2.24) is 5.43 Å². The number of anilines is 1. The first-order chi connectivity index (χ1) is 16.8. The lowest BCUT2D eigenvalue weighted by Gasteiger charge is -2.23. The number of hydrogen-bond acceptors (Lipinski definition) is 9. The summed E-state index contributed by atoms with van der Waals surface area (Å²) in [5.41, 5.74) is 2.53. The number of nitrogens with one attached hydrogen (secondary N) is 1. The maximum absolute atomic E-state index is 12.4. The van der Waals surface area contributed by atoms with Gasteiger partial charge in [-0.1, -0.05) is 0 Å². The molecule has 11 nitrogen and oxygen atoms in total. The van der Waals surface area contributed by atoms with Gasteiger partial charge in [0.2, 0.25) is 10.0 Å². The van der Waals surface area contributed by atoms with Crippen LogP contribution in [-0.2, 0) is 24.3 Å². The highest BCUT2D eigenvalue weighted by atomic mass is 32.2. The van der Waals surface area contributed by atoms with Crippen LogP contribution in [0.5, 0.6) is 17.2 Å². The maximum atomic E-state index is 12.4. The third-order valence-corrected chi connectivity index (χ3v) is 5.53. The smallest absolute Gasteiger partial charge is 0.344 e. The Hall–Kier alpha value is -3.80. The van der Waals surface area contributed by atoms with Gasteiger partial charge in [-0.05, 0) is 62.7 Å². The van der Waals surface area contributed by atoms with Crippen molar-refractivity contribution < 1.29 is 37.0 Å². The molecule has 12 heteroatoms. The summed E-state index contributed by atoms with van der Waals surface area (Å²) in [4.78, 5) is 24.2. The number of esters is 1. The van der Waals surface area contributed by atoms with Gasteiger partial charge < -0.3 is 18.9 Å². The zero-order valence-corrected chi connectivity index (χ0v) is 21.9. The second-order valence-electron chi connectivity index (χ2n) is 8.54. The monoisotopic (exact) mass is 521 g/mol. The number of nitrogens with zero attached hydrogens (tertiary/aromatic N) is 2. The molecule has 0 saturated carbocycles. The number of benzene rings is 2. The minimum atomic E-state index is -3.82. The molecule has 0 unspecified atom stereocenters. The largest absolute Gasteiger partial charge is 0.497 e. The summed E-state index contributed by atoms with van der Waals surface area (Å²) in [7, 11) is -0.959. The van der Waals surface area contributed by atoms with Crippen LogP contribution < -0.4 is 23.9 Å². The molecule has 0 atom stereocenters.